The largest absolute Gasteiger partial charge is 0.480 e. The number of halogens is 1. The molecular weight excluding hydrogens is 318 g/mol. The van der Waals surface area contributed by atoms with Gasteiger partial charge in [0.05, 0.1) is 15.9 Å². The molecule has 0 saturated heterocycles. The van der Waals surface area contributed by atoms with Crippen LogP contribution in [0.2, 0.25) is 0 Å². The van der Waals surface area contributed by atoms with E-state index in [1.54, 1.807) is 4.68 Å². The van der Waals surface area contributed by atoms with E-state index in [0.717, 1.165) is 15.9 Å². The van der Waals surface area contributed by atoms with Crippen molar-refractivity contribution in [1.82, 2.24) is 9.78 Å². The van der Waals surface area contributed by atoms with Crippen molar-refractivity contribution in [1.29, 1.82) is 0 Å². The molecule has 1 aromatic rings. The van der Waals surface area contributed by atoms with Crippen LogP contribution >= 0.6 is 27.7 Å². The average Bonchev–Trinajstić information content (AvgIpc) is 2.50. The minimum atomic E-state index is -0.979. The topological polar surface area (TPSA) is 81.1 Å². The Morgan fingerprint density at radius 1 is 1.67 bits per heavy atom. The maximum absolute atomic E-state index is 10.9. The Balaban J connectivity index is 2.79. The predicted octanol–water partition coefficient (Wildman–Crippen LogP) is 1.91. The summed E-state index contributed by atoms with van der Waals surface area (Å²) < 4.78 is 2.23. The number of rotatable bonds is 5. The van der Waals surface area contributed by atoms with Crippen LogP contribution in [-0.2, 0) is 17.6 Å². The smallest absolute Gasteiger partial charge is 0.321 e. The SMILES string of the molecule is Cc1nn(C)c(CSC(C)(C)[C@@H](N)C(=O)O)c1Br. The quantitative estimate of drug-likeness (QED) is 0.859. The van der Waals surface area contributed by atoms with Crippen molar-refractivity contribution in [3.63, 3.8) is 0 Å². The predicted molar refractivity (Wildman–Crippen MR) is 76.6 cm³/mol. The number of hydrogen-bond donors (Lipinski definition) is 2. The first kappa shape index (κ1) is 15.5. The summed E-state index contributed by atoms with van der Waals surface area (Å²) >= 11 is 5.00. The van der Waals surface area contributed by atoms with E-state index >= 15 is 0 Å². The highest BCUT2D eigenvalue weighted by Gasteiger charge is 2.33. The zero-order valence-corrected chi connectivity index (χ0v) is 13.3. The van der Waals surface area contributed by atoms with Gasteiger partial charge in [-0.05, 0) is 36.7 Å². The van der Waals surface area contributed by atoms with Gasteiger partial charge in [0.1, 0.15) is 6.04 Å². The van der Waals surface area contributed by atoms with E-state index in [4.69, 9.17) is 10.8 Å². The molecule has 1 rings (SSSR count). The number of hydrogen-bond acceptors (Lipinski definition) is 4. The molecule has 0 aromatic carbocycles. The average molecular weight is 336 g/mol. The van der Waals surface area contributed by atoms with Crippen LogP contribution in [-0.4, -0.2) is 31.6 Å². The summed E-state index contributed by atoms with van der Waals surface area (Å²) in [5.74, 6) is -0.320. The van der Waals surface area contributed by atoms with E-state index in [9.17, 15) is 4.79 Å². The number of thioether (sulfide) groups is 1. The molecule has 0 saturated carbocycles. The van der Waals surface area contributed by atoms with Crippen molar-refractivity contribution in [2.75, 3.05) is 0 Å². The molecule has 18 heavy (non-hydrogen) atoms. The normalized spacial score (nSPS) is 13.7. The molecule has 0 spiro atoms. The lowest BCUT2D eigenvalue weighted by atomic mass is 10.1. The second kappa shape index (κ2) is 5.63. The van der Waals surface area contributed by atoms with Gasteiger partial charge in [-0.3, -0.25) is 9.48 Å². The number of carbonyl (C=O) groups is 1. The number of aliphatic carboxylic acids is 1. The number of aromatic nitrogens is 2. The van der Waals surface area contributed by atoms with Crippen LogP contribution < -0.4 is 5.73 Å². The lowest BCUT2D eigenvalue weighted by molar-refractivity contribution is -0.139. The van der Waals surface area contributed by atoms with Crippen molar-refractivity contribution < 1.29 is 9.90 Å². The van der Waals surface area contributed by atoms with Crippen LogP contribution in [0.3, 0.4) is 0 Å². The number of nitrogens with zero attached hydrogens (tertiary/aromatic N) is 2. The molecule has 1 heterocycles. The fourth-order valence-electron chi connectivity index (χ4n) is 1.48. The summed E-state index contributed by atoms with van der Waals surface area (Å²) in [4.78, 5) is 10.9. The van der Waals surface area contributed by atoms with Gasteiger partial charge in [0.25, 0.3) is 0 Å². The van der Waals surface area contributed by atoms with Gasteiger partial charge in [0.2, 0.25) is 0 Å². The zero-order chi connectivity index (χ0) is 14.1. The Kier molecular flexibility index (Phi) is 4.85. The zero-order valence-electron chi connectivity index (χ0n) is 10.9. The first-order valence-corrected chi connectivity index (χ1v) is 7.25. The molecule has 0 aliphatic carbocycles. The summed E-state index contributed by atoms with van der Waals surface area (Å²) in [7, 11) is 1.87. The molecule has 102 valence electrons. The second-order valence-corrected chi connectivity index (χ2v) is 7.10. The van der Waals surface area contributed by atoms with Gasteiger partial charge in [-0.15, -0.1) is 11.8 Å². The molecule has 0 bridgehead atoms. The molecule has 0 radical (unpaired) electrons. The molecule has 1 aromatic heterocycles. The summed E-state index contributed by atoms with van der Waals surface area (Å²) in [5, 5.41) is 13.3. The van der Waals surface area contributed by atoms with E-state index in [0.29, 0.717) is 5.75 Å². The minimum absolute atomic E-state index is 0.538. The van der Waals surface area contributed by atoms with Crippen molar-refractivity contribution >= 4 is 33.7 Å². The Hall–Kier alpha value is -0.530. The van der Waals surface area contributed by atoms with Crippen LogP contribution in [0.15, 0.2) is 4.47 Å². The second-order valence-electron chi connectivity index (χ2n) is 4.68. The van der Waals surface area contributed by atoms with E-state index in [-0.39, 0.29) is 0 Å². The molecule has 0 amide bonds. The highest BCUT2D eigenvalue weighted by atomic mass is 79.9. The Bertz CT molecular complexity index is 459. The standard InChI is InChI=1S/C11H18BrN3O2S/c1-6-8(12)7(15(4)14-6)5-18-11(2,3)9(13)10(16)17/h9H,5,13H2,1-4H3,(H,16,17)/t9-/m0/s1. The highest BCUT2D eigenvalue weighted by molar-refractivity contribution is 9.10. The molecule has 1 atom stereocenters. The summed E-state index contributed by atoms with van der Waals surface area (Å²) in [5.41, 5.74) is 7.64. The fraction of sp³-hybridized carbons (Fsp3) is 0.636. The molecule has 0 fully saturated rings. The van der Waals surface area contributed by atoms with Crippen molar-refractivity contribution in [2.24, 2.45) is 12.8 Å². The summed E-state index contributed by atoms with van der Waals surface area (Å²) in [6.45, 7) is 5.60. The van der Waals surface area contributed by atoms with Gasteiger partial charge in [-0.2, -0.15) is 5.10 Å². The summed E-state index contributed by atoms with van der Waals surface area (Å²) in [6, 6.07) is -0.893. The maximum atomic E-state index is 10.9. The third kappa shape index (κ3) is 3.27. The monoisotopic (exact) mass is 335 g/mol. The van der Waals surface area contributed by atoms with E-state index < -0.39 is 16.8 Å². The van der Waals surface area contributed by atoms with Crippen LogP contribution in [0.1, 0.15) is 25.2 Å². The van der Waals surface area contributed by atoms with E-state index in [1.807, 2.05) is 27.8 Å². The third-order valence-electron chi connectivity index (χ3n) is 2.86. The van der Waals surface area contributed by atoms with Crippen LogP contribution in [0.25, 0.3) is 0 Å². The third-order valence-corrected chi connectivity index (χ3v) is 5.30. The van der Waals surface area contributed by atoms with Gasteiger partial charge < -0.3 is 10.8 Å². The van der Waals surface area contributed by atoms with Crippen molar-refractivity contribution in [3.05, 3.63) is 15.9 Å². The molecule has 0 unspecified atom stereocenters. The molecule has 0 aliphatic rings. The highest BCUT2D eigenvalue weighted by Crippen LogP contribution is 2.33. The lowest BCUT2D eigenvalue weighted by Crippen LogP contribution is -2.46. The number of carboxylic acid groups (broad SMARTS) is 1. The maximum Gasteiger partial charge on any atom is 0.321 e. The number of carboxylic acids is 1. The van der Waals surface area contributed by atoms with Crippen LogP contribution in [0.5, 0.6) is 0 Å². The Morgan fingerprint density at radius 3 is 2.61 bits per heavy atom. The Labute approximate surface area is 119 Å². The first-order valence-electron chi connectivity index (χ1n) is 5.47. The summed E-state index contributed by atoms with van der Waals surface area (Å²) in [6.07, 6.45) is 0. The number of aryl methyl sites for hydroxylation is 2. The molecule has 7 heteroatoms. The van der Waals surface area contributed by atoms with E-state index in [2.05, 4.69) is 21.0 Å². The van der Waals surface area contributed by atoms with Crippen LogP contribution in [0.4, 0.5) is 0 Å². The minimum Gasteiger partial charge on any atom is -0.480 e. The van der Waals surface area contributed by atoms with E-state index in [1.165, 1.54) is 11.8 Å². The van der Waals surface area contributed by atoms with Gasteiger partial charge >= 0.3 is 5.97 Å². The van der Waals surface area contributed by atoms with Gasteiger partial charge in [-0.1, -0.05) is 0 Å². The van der Waals surface area contributed by atoms with Gasteiger partial charge in [0, 0.05) is 17.5 Å². The first-order chi connectivity index (χ1) is 8.16. The molecule has 0 aliphatic heterocycles. The Morgan fingerprint density at radius 2 is 2.22 bits per heavy atom. The fourth-order valence-corrected chi connectivity index (χ4v) is 3.26. The van der Waals surface area contributed by atoms with Crippen molar-refractivity contribution in [2.45, 2.75) is 37.3 Å². The molecule has 3 N–H and O–H groups in total. The van der Waals surface area contributed by atoms with Crippen molar-refractivity contribution in [3.8, 4) is 0 Å². The van der Waals surface area contributed by atoms with Gasteiger partial charge in [0.15, 0.2) is 0 Å². The lowest BCUT2D eigenvalue weighted by Gasteiger charge is -2.28. The molecular formula is C11H18BrN3O2S. The van der Waals surface area contributed by atoms with Crippen LogP contribution in [0, 0.1) is 6.92 Å². The number of nitrogens with two attached hydrogens (primary N) is 1. The van der Waals surface area contributed by atoms with Gasteiger partial charge in [-0.25, -0.2) is 0 Å². The molecule has 5 nitrogen and oxygen atoms in total.